The first-order valence-corrected chi connectivity index (χ1v) is 11.2. The minimum Gasteiger partial charge on any atom is -0.422 e. The van der Waals surface area contributed by atoms with Gasteiger partial charge in [-0.2, -0.15) is 0 Å². The Labute approximate surface area is 180 Å². The van der Waals surface area contributed by atoms with Crippen LogP contribution < -0.4 is 5.32 Å². The van der Waals surface area contributed by atoms with Crippen molar-refractivity contribution in [1.29, 1.82) is 0 Å². The molecule has 0 unspecified atom stereocenters. The maximum atomic E-state index is 5.36. The fourth-order valence-corrected chi connectivity index (χ4v) is 4.89. The van der Waals surface area contributed by atoms with E-state index >= 15 is 0 Å². The highest BCUT2D eigenvalue weighted by Crippen LogP contribution is 2.33. The summed E-state index contributed by atoms with van der Waals surface area (Å²) >= 11 is 0. The van der Waals surface area contributed by atoms with Crippen molar-refractivity contribution in [1.82, 2.24) is 30.4 Å². The summed E-state index contributed by atoms with van der Waals surface area (Å²) in [4.78, 5) is 10.8. The molecule has 0 aromatic carbocycles. The normalized spacial score (nSPS) is 19.4. The number of rotatable bonds is 4. The lowest BCUT2D eigenvalue weighted by molar-refractivity contribution is 0.245. The minimum absolute atomic E-state index is 0.505. The van der Waals surface area contributed by atoms with Gasteiger partial charge in [-0.25, -0.2) is 4.98 Å². The van der Waals surface area contributed by atoms with Crippen molar-refractivity contribution in [3.05, 3.63) is 59.1 Å². The highest BCUT2D eigenvalue weighted by Gasteiger charge is 2.20. The Kier molecular flexibility index (Phi) is 4.68. The zero-order chi connectivity index (χ0) is 20.6. The zero-order valence-electron chi connectivity index (χ0n) is 17.5. The van der Waals surface area contributed by atoms with Crippen molar-refractivity contribution in [2.75, 3.05) is 19.6 Å². The van der Waals surface area contributed by atoms with Gasteiger partial charge in [0.15, 0.2) is 0 Å². The number of H-pyrrole nitrogens is 1. The number of pyridine rings is 1. The van der Waals surface area contributed by atoms with Gasteiger partial charge in [-0.3, -0.25) is 4.90 Å². The Bertz CT molecular complexity index is 1190. The number of likely N-dealkylation sites (tertiary alicyclic amines) is 1. The van der Waals surface area contributed by atoms with Crippen LogP contribution in [0.1, 0.15) is 54.8 Å². The molecule has 1 fully saturated rings. The molecule has 7 nitrogen and oxygen atoms in total. The second-order valence-electron chi connectivity index (χ2n) is 8.65. The Morgan fingerprint density at radius 3 is 2.84 bits per heavy atom. The number of allylic oxidation sites excluding steroid dienone is 3. The van der Waals surface area contributed by atoms with Crippen LogP contribution in [0.25, 0.3) is 28.4 Å². The van der Waals surface area contributed by atoms with Gasteiger partial charge in [0.25, 0.3) is 5.89 Å². The van der Waals surface area contributed by atoms with Gasteiger partial charge in [-0.1, -0.05) is 24.1 Å². The van der Waals surface area contributed by atoms with Gasteiger partial charge in [0.2, 0.25) is 6.39 Å². The Hall–Kier alpha value is -3.19. The second-order valence-corrected chi connectivity index (χ2v) is 8.65. The van der Waals surface area contributed by atoms with E-state index in [1.807, 2.05) is 6.20 Å². The molecule has 6 rings (SSSR count). The van der Waals surface area contributed by atoms with Crippen LogP contribution in [0, 0.1) is 0 Å². The van der Waals surface area contributed by atoms with Crippen molar-refractivity contribution >= 4 is 28.4 Å². The molecule has 2 N–H and O–H groups in total. The topological polar surface area (TPSA) is 82.9 Å². The van der Waals surface area contributed by atoms with Gasteiger partial charge < -0.3 is 14.7 Å². The minimum atomic E-state index is 0.505. The number of piperidine rings is 1. The van der Waals surface area contributed by atoms with Crippen LogP contribution in [0.5, 0.6) is 0 Å². The Balaban J connectivity index is 1.28. The molecule has 0 saturated carbocycles. The molecule has 3 aliphatic rings. The van der Waals surface area contributed by atoms with Crippen molar-refractivity contribution < 1.29 is 4.42 Å². The van der Waals surface area contributed by atoms with E-state index in [0.717, 1.165) is 47.4 Å². The molecular formula is C24H26N6O. The average Bonchev–Trinajstić information content (AvgIpc) is 3.48. The fraction of sp³-hybridized carbons (Fsp3) is 0.375. The lowest BCUT2D eigenvalue weighted by Crippen LogP contribution is -2.31. The molecular weight excluding hydrogens is 388 g/mol. The third-order valence-corrected chi connectivity index (χ3v) is 6.59. The number of nitrogens with zero attached hydrogens (tertiary/aromatic N) is 4. The van der Waals surface area contributed by atoms with Crippen LogP contribution >= 0.6 is 0 Å². The summed E-state index contributed by atoms with van der Waals surface area (Å²) in [5, 5.41) is 12.3. The third-order valence-electron chi connectivity index (χ3n) is 6.59. The number of hydrogen-bond acceptors (Lipinski definition) is 6. The van der Waals surface area contributed by atoms with Crippen molar-refractivity contribution in [3.63, 3.8) is 0 Å². The van der Waals surface area contributed by atoms with E-state index < -0.39 is 0 Å². The largest absolute Gasteiger partial charge is 0.422 e. The first kappa shape index (κ1) is 18.6. The Morgan fingerprint density at radius 1 is 1.10 bits per heavy atom. The number of aromatic nitrogens is 4. The lowest BCUT2D eigenvalue weighted by atomic mass is 9.93. The highest BCUT2D eigenvalue weighted by molar-refractivity contribution is 5.95. The molecule has 0 amide bonds. The number of fused-ring (bicyclic) bond motifs is 3. The molecule has 5 heterocycles. The zero-order valence-corrected chi connectivity index (χ0v) is 17.5. The van der Waals surface area contributed by atoms with Gasteiger partial charge in [0.1, 0.15) is 11.3 Å². The molecule has 3 aromatic rings. The van der Waals surface area contributed by atoms with Crippen molar-refractivity contribution in [2.24, 2.45) is 0 Å². The van der Waals surface area contributed by atoms with E-state index in [1.165, 1.54) is 49.9 Å². The molecule has 1 saturated heterocycles. The third kappa shape index (κ3) is 3.59. The first-order valence-electron chi connectivity index (χ1n) is 11.2. The average molecular weight is 415 g/mol. The highest BCUT2D eigenvalue weighted by atomic mass is 16.4. The maximum Gasteiger partial charge on any atom is 0.263 e. The van der Waals surface area contributed by atoms with Gasteiger partial charge in [0.05, 0.1) is 6.54 Å². The predicted octanol–water partition coefficient (Wildman–Crippen LogP) is 4.14. The van der Waals surface area contributed by atoms with Gasteiger partial charge in [-0.05, 0) is 62.1 Å². The van der Waals surface area contributed by atoms with E-state index in [9.17, 15) is 0 Å². The van der Waals surface area contributed by atoms with Crippen LogP contribution in [0.3, 0.4) is 0 Å². The van der Waals surface area contributed by atoms with E-state index in [4.69, 9.17) is 9.40 Å². The van der Waals surface area contributed by atoms with Gasteiger partial charge in [-0.15, -0.1) is 10.2 Å². The maximum absolute atomic E-state index is 5.36. The molecule has 1 aliphatic carbocycles. The van der Waals surface area contributed by atoms with E-state index in [1.54, 1.807) is 5.57 Å². The van der Waals surface area contributed by atoms with Crippen LogP contribution in [-0.4, -0.2) is 44.7 Å². The van der Waals surface area contributed by atoms with E-state index in [-0.39, 0.29) is 0 Å². The molecule has 0 atom stereocenters. The fourth-order valence-electron chi connectivity index (χ4n) is 4.89. The molecule has 0 spiro atoms. The van der Waals surface area contributed by atoms with E-state index in [0.29, 0.717) is 12.4 Å². The lowest BCUT2D eigenvalue weighted by Gasteiger charge is -2.28. The number of aromatic amines is 1. The molecule has 158 valence electrons. The second kappa shape index (κ2) is 7.81. The number of hydrogen-bond donors (Lipinski definition) is 2. The van der Waals surface area contributed by atoms with E-state index in [2.05, 4.69) is 49.7 Å². The van der Waals surface area contributed by atoms with Gasteiger partial charge in [0, 0.05) is 29.4 Å². The molecule has 31 heavy (non-hydrogen) atoms. The Morgan fingerprint density at radius 2 is 2.03 bits per heavy atom. The molecule has 7 heteroatoms. The summed E-state index contributed by atoms with van der Waals surface area (Å²) in [5.41, 5.74) is 8.15. The SMILES string of the molecule is C1=C(CN2CCCCC2)CCC(c2cnc3[nH]c4c(c3c2)C=C(c2nnco2)NC4)=C1. The summed E-state index contributed by atoms with van der Waals surface area (Å²) in [6.45, 7) is 4.31. The first-order chi connectivity index (χ1) is 15.3. The standard InChI is InChI=1S/C24H26N6O/c1-2-8-30(9-3-1)14-16-4-6-17(7-5-16)18-10-20-19-11-21(24-29-27-15-31-24)25-13-22(19)28-23(20)26-12-18/h4,6,10-12,15,25H,1-3,5,7-9,13-14H2,(H,26,28). The molecule has 0 bridgehead atoms. The summed E-state index contributed by atoms with van der Waals surface area (Å²) < 4.78 is 5.36. The number of nitrogens with one attached hydrogen (secondary N) is 2. The van der Waals surface area contributed by atoms with Crippen LogP contribution in [0.15, 0.2) is 40.8 Å². The smallest absolute Gasteiger partial charge is 0.263 e. The van der Waals surface area contributed by atoms with Crippen LogP contribution in [0.4, 0.5) is 0 Å². The molecule has 3 aromatic heterocycles. The van der Waals surface area contributed by atoms with Crippen molar-refractivity contribution in [3.8, 4) is 0 Å². The summed E-state index contributed by atoms with van der Waals surface area (Å²) in [6, 6.07) is 2.26. The van der Waals surface area contributed by atoms with Crippen LogP contribution in [0.2, 0.25) is 0 Å². The predicted molar refractivity (Wildman–Crippen MR) is 121 cm³/mol. The van der Waals surface area contributed by atoms with Crippen molar-refractivity contribution in [2.45, 2.75) is 38.6 Å². The summed E-state index contributed by atoms with van der Waals surface area (Å²) in [7, 11) is 0. The summed E-state index contributed by atoms with van der Waals surface area (Å²) in [5.74, 6) is 0.505. The molecule has 0 radical (unpaired) electrons. The molecule has 2 aliphatic heterocycles. The monoisotopic (exact) mass is 414 g/mol. The summed E-state index contributed by atoms with van der Waals surface area (Å²) in [6.07, 6.45) is 16.3. The van der Waals surface area contributed by atoms with Crippen LogP contribution in [-0.2, 0) is 6.54 Å². The van der Waals surface area contributed by atoms with Gasteiger partial charge >= 0.3 is 0 Å². The quantitative estimate of drug-likeness (QED) is 0.668.